The molecule has 0 atom stereocenters. The molecule has 2 amide bonds. The SMILES string of the molecule is COc1ccc(N2CCCN(Cc3ccnc4c3ccn4CC(=O)OC(C)(C)C)C2=O)cc1OCCCC1CC1. The first-order chi connectivity index (χ1) is 19.2. The number of ether oxygens (including phenoxy) is 3. The fourth-order valence-corrected chi connectivity index (χ4v) is 5.20. The van der Waals surface area contributed by atoms with Gasteiger partial charge in [-0.3, -0.25) is 9.69 Å². The topological polar surface area (TPSA) is 86.1 Å². The lowest BCUT2D eigenvalue weighted by Crippen LogP contribution is -2.49. The van der Waals surface area contributed by atoms with Gasteiger partial charge in [-0.2, -0.15) is 0 Å². The van der Waals surface area contributed by atoms with Crippen molar-refractivity contribution in [3.8, 4) is 11.5 Å². The summed E-state index contributed by atoms with van der Waals surface area (Å²) in [5, 5.41) is 0.919. The molecule has 0 bridgehead atoms. The van der Waals surface area contributed by atoms with Gasteiger partial charge in [-0.05, 0) is 75.8 Å². The predicted octanol–water partition coefficient (Wildman–Crippen LogP) is 5.79. The maximum atomic E-state index is 13.7. The van der Waals surface area contributed by atoms with Crippen LogP contribution in [0.3, 0.4) is 0 Å². The normalized spacial score (nSPS) is 15.9. The number of methoxy groups -OCH3 is 1. The Hall–Kier alpha value is -3.75. The summed E-state index contributed by atoms with van der Waals surface area (Å²) in [6.45, 7) is 8.03. The zero-order valence-electron chi connectivity index (χ0n) is 24.0. The van der Waals surface area contributed by atoms with Gasteiger partial charge in [0.25, 0.3) is 0 Å². The van der Waals surface area contributed by atoms with Crippen LogP contribution in [0, 0.1) is 5.92 Å². The number of pyridine rings is 1. The molecule has 214 valence electrons. The van der Waals surface area contributed by atoms with E-state index in [0.717, 1.165) is 35.4 Å². The van der Waals surface area contributed by atoms with E-state index < -0.39 is 5.60 Å². The van der Waals surface area contributed by atoms with Crippen LogP contribution in [0.25, 0.3) is 11.0 Å². The maximum absolute atomic E-state index is 13.7. The number of hydrogen-bond acceptors (Lipinski definition) is 6. The zero-order valence-corrected chi connectivity index (χ0v) is 24.0. The average molecular weight is 549 g/mol. The molecular formula is C31H40N4O5. The molecule has 1 aromatic carbocycles. The van der Waals surface area contributed by atoms with Gasteiger partial charge < -0.3 is 23.7 Å². The van der Waals surface area contributed by atoms with Crippen LogP contribution in [0.2, 0.25) is 0 Å². The fourth-order valence-electron chi connectivity index (χ4n) is 5.20. The van der Waals surface area contributed by atoms with Gasteiger partial charge in [0.1, 0.15) is 17.8 Å². The lowest BCUT2D eigenvalue weighted by atomic mass is 10.1. The van der Waals surface area contributed by atoms with Crippen molar-refractivity contribution in [3.63, 3.8) is 0 Å². The smallest absolute Gasteiger partial charge is 0.326 e. The van der Waals surface area contributed by atoms with E-state index in [9.17, 15) is 9.59 Å². The Labute approximate surface area is 236 Å². The third-order valence-electron chi connectivity index (χ3n) is 7.31. The van der Waals surface area contributed by atoms with Crippen molar-refractivity contribution in [2.24, 2.45) is 5.92 Å². The van der Waals surface area contributed by atoms with Gasteiger partial charge in [0.05, 0.1) is 13.7 Å². The highest BCUT2D eigenvalue weighted by Gasteiger charge is 2.28. The molecule has 1 saturated carbocycles. The number of fused-ring (bicyclic) bond motifs is 1. The summed E-state index contributed by atoms with van der Waals surface area (Å²) < 4.78 is 18.9. The lowest BCUT2D eigenvalue weighted by Gasteiger charge is -2.36. The van der Waals surface area contributed by atoms with E-state index in [1.807, 2.05) is 67.1 Å². The van der Waals surface area contributed by atoms with Crippen LogP contribution < -0.4 is 14.4 Å². The van der Waals surface area contributed by atoms with Crippen molar-refractivity contribution in [3.05, 3.63) is 48.3 Å². The Morgan fingerprint density at radius 2 is 1.93 bits per heavy atom. The summed E-state index contributed by atoms with van der Waals surface area (Å²) in [6.07, 6.45) is 9.33. The molecule has 3 heterocycles. The number of amides is 2. The standard InChI is InChI=1S/C31H40N4O5/c1-31(2,3)40-28(36)21-33-17-13-25-23(12-14-32-29(25)33)20-34-15-6-16-35(30(34)37)24-10-11-26(38-4)27(19-24)39-18-5-7-22-8-9-22/h10-14,17,19,22H,5-9,15-16,18,20-21H2,1-4H3. The Balaban J connectivity index is 1.28. The second kappa shape index (κ2) is 11.8. The number of carbonyl (C=O) groups excluding carboxylic acids is 2. The second-order valence-electron chi connectivity index (χ2n) is 11.7. The van der Waals surface area contributed by atoms with Crippen molar-refractivity contribution >= 4 is 28.7 Å². The number of nitrogens with zero attached hydrogens (tertiary/aromatic N) is 4. The molecule has 0 radical (unpaired) electrons. The van der Waals surface area contributed by atoms with Crippen molar-refractivity contribution in [2.45, 2.75) is 71.6 Å². The highest BCUT2D eigenvalue weighted by atomic mass is 16.6. The minimum absolute atomic E-state index is 0.0470. The molecule has 40 heavy (non-hydrogen) atoms. The van der Waals surface area contributed by atoms with Gasteiger partial charge in [0.15, 0.2) is 11.5 Å². The van der Waals surface area contributed by atoms with E-state index in [4.69, 9.17) is 14.2 Å². The Morgan fingerprint density at radius 3 is 2.67 bits per heavy atom. The summed E-state index contributed by atoms with van der Waals surface area (Å²) >= 11 is 0. The maximum Gasteiger partial charge on any atom is 0.326 e. The molecule has 9 nitrogen and oxygen atoms in total. The van der Waals surface area contributed by atoms with Gasteiger partial charge in [-0.1, -0.05) is 12.8 Å². The van der Waals surface area contributed by atoms with Crippen LogP contribution in [0.4, 0.5) is 10.5 Å². The first-order valence-corrected chi connectivity index (χ1v) is 14.2. The van der Waals surface area contributed by atoms with Crippen molar-refractivity contribution in [1.82, 2.24) is 14.5 Å². The van der Waals surface area contributed by atoms with E-state index >= 15 is 0 Å². The summed E-state index contributed by atoms with van der Waals surface area (Å²) in [5.74, 6) is 1.90. The molecule has 0 N–H and O–H groups in total. The van der Waals surface area contributed by atoms with Crippen molar-refractivity contribution in [2.75, 3.05) is 31.7 Å². The van der Waals surface area contributed by atoms with Gasteiger partial charge >= 0.3 is 12.0 Å². The average Bonchev–Trinajstić information content (AvgIpc) is 3.65. The van der Waals surface area contributed by atoms with Gasteiger partial charge in [-0.15, -0.1) is 0 Å². The quantitative estimate of drug-likeness (QED) is 0.223. The fraction of sp³-hybridized carbons (Fsp3) is 0.516. The van der Waals surface area contributed by atoms with Crippen molar-refractivity contribution in [1.29, 1.82) is 0 Å². The van der Waals surface area contributed by atoms with Crippen molar-refractivity contribution < 1.29 is 23.8 Å². The molecule has 2 aliphatic rings. The Bertz CT molecular complexity index is 1360. The number of carbonyl (C=O) groups is 2. The Kier molecular flexibility index (Phi) is 8.19. The monoisotopic (exact) mass is 548 g/mol. The number of urea groups is 1. The first kappa shape index (κ1) is 27.8. The number of hydrogen-bond donors (Lipinski definition) is 0. The predicted molar refractivity (Wildman–Crippen MR) is 154 cm³/mol. The summed E-state index contributed by atoms with van der Waals surface area (Å²) in [5.41, 5.74) is 1.93. The third kappa shape index (κ3) is 6.69. The van der Waals surface area contributed by atoms with Crippen LogP contribution in [0.15, 0.2) is 42.7 Å². The van der Waals surface area contributed by atoms with Gasteiger partial charge in [0, 0.05) is 49.2 Å². The minimum Gasteiger partial charge on any atom is -0.493 e. The molecule has 2 aromatic heterocycles. The summed E-state index contributed by atoms with van der Waals surface area (Å²) in [4.78, 5) is 34.2. The summed E-state index contributed by atoms with van der Waals surface area (Å²) in [6, 6.07) is 9.54. The molecule has 1 aliphatic carbocycles. The first-order valence-electron chi connectivity index (χ1n) is 14.2. The van der Waals surface area contributed by atoms with E-state index in [1.165, 1.54) is 19.3 Å². The molecule has 1 saturated heterocycles. The van der Waals surface area contributed by atoms with Gasteiger partial charge in [-0.25, -0.2) is 9.78 Å². The van der Waals surface area contributed by atoms with Crippen LogP contribution in [0.1, 0.15) is 58.4 Å². The summed E-state index contributed by atoms with van der Waals surface area (Å²) in [7, 11) is 1.64. The largest absolute Gasteiger partial charge is 0.493 e. The molecule has 0 spiro atoms. The highest BCUT2D eigenvalue weighted by molar-refractivity contribution is 5.93. The molecule has 5 rings (SSSR count). The van der Waals surface area contributed by atoms with E-state index in [0.29, 0.717) is 43.4 Å². The number of anilines is 1. The molecular weight excluding hydrogens is 508 g/mol. The van der Waals surface area contributed by atoms with Crippen LogP contribution >= 0.6 is 0 Å². The zero-order chi connectivity index (χ0) is 28.3. The lowest BCUT2D eigenvalue weighted by molar-refractivity contribution is -0.155. The number of rotatable bonds is 11. The molecule has 9 heteroatoms. The van der Waals surface area contributed by atoms with E-state index in [2.05, 4.69) is 4.98 Å². The van der Waals surface area contributed by atoms with Gasteiger partial charge in [0.2, 0.25) is 0 Å². The highest BCUT2D eigenvalue weighted by Crippen LogP contribution is 2.35. The third-order valence-corrected chi connectivity index (χ3v) is 7.31. The van der Waals surface area contributed by atoms with Crippen LogP contribution in [-0.2, 0) is 22.6 Å². The van der Waals surface area contributed by atoms with Crippen LogP contribution in [0.5, 0.6) is 11.5 Å². The van der Waals surface area contributed by atoms with E-state index in [1.54, 1.807) is 17.9 Å². The number of esters is 1. The second-order valence-corrected chi connectivity index (χ2v) is 11.7. The molecule has 2 fully saturated rings. The number of benzene rings is 1. The number of aromatic nitrogens is 2. The molecule has 1 aliphatic heterocycles. The molecule has 3 aromatic rings. The van der Waals surface area contributed by atoms with Crippen LogP contribution in [-0.4, -0.2) is 58.9 Å². The molecule has 0 unspecified atom stereocenters. The van der Waals surface area contributed by atoms with E-state index in [-0.39, 0.29) is 18.5 Å². The Morgan fingerprint density at radius 1 is 1.10 bits per heavy atom. The minimum atomic E-state index is -0.550.